The fourth-order valence-electron chi connectivity index (χ4n) is 1.64. The van der Waals surface area contributed by atoms with E-state index in [1.807, 2.05) is 37.3 Å². The average molecular weight is 302 g/mol. The molecule has 2 rings (SSSR count). The average Bonchev–Trinajstić information content (AvgIpc) is 2.40. The van der Waals surface area contributed by atoms with E-state index in [-0.39, 0.29) is 0 Å². The summed E-state index contributed by atoms with van der Waals surface area (Å²) in [5.74, 6) is 0. The van der Waals surface area contributed by atoms with Gasteiger partial charge in [-0.2, -0.15) is 5.26 Å². The van der Waals surface area contributed by atoms with Crippen molar-refractivity contribution in [2.75, 3.05) is 5.32 Å². The monoisotopic (exact) mass is 301 g/mol. The maximum Gasteiger partial charge on any atom is 0.109 e. The normalized spacial score (nSPS) is 9.83. The molecule has 0 aliphatic heterocycles. The number of aromatic nitrogens is 1. The molecule has 1 aromatic heterocycles. The van der Waals surface area contributed by atoms with Crippen molar-refractivity contribution >= 4 is 21.6 Å². The minimum Gasteiger partial charge on any atom is -0.380 e. The molecule has 2 aromatic rings. The molecule has 0 aliphatic rings. The van der Waals surface area contributed by atoms with Crippen LogP contribution in [0.5, 0.6) is 0 Å². The number of halogens is 1. The summed E-state index contributed by atoms with van der Waals surface area (Å²) in [7, 11) is 0. The van der Waals surface area contributed by atoms with Gasteiger partial charge in [-0.3, -0.25) is 0 Å². The van der Waals surface area contributed by atoms with Crippen LogP contribution in [-0.2, 0) is 6.54 Å². The van der Waals surface area contributed by atoms with Crippen LogP contribution in [0.2, 0.25) is 0 Å². The Morgan fingerprint density at radius 3 is 2.89 bits per heavy atom. The highest BCUT2D eigenvalue weighted by atomic mass is 79.9. The van der Waals surface area contributed by atoms with Gasteiger partial charge in [0.1, 0.15) is 4.60 Å². The van der Waals surface area contributed by atoms with Gasteiger partial charge in [-0.25, -0.2) is 4.98 Å². The van der Waals surface area contributed by atoms with Gasteiger partial charge in [0.2, 0.25) is 0 Å². The van der Waals surface area contributed by atoms with E-state index in [0.29, 0.717) is 12.1 Å². The lowest BCUT2D eigenvalue weighted by Gasteiger charge is -2.08. The number of nitrogens with one attached hydrogen (secondary N) is 1. The molecule has 4 heteroatoms. The molecule has 1 aromatic carbocycles. The van der Waals surface area contributed by atoms with Crippen molar-refractivity contribution in [1.82, 2.24) is 4.98 Å². The number of hydrogen-bond acceptors (Lipinski definition) is 3. The third-order valence-electron chi connectivity index (χ3n) is 2.64. The van der Waals surface area contributed by atoms with Gasteiger partial charge >= 0.3 is 0 Å². The Kier molecular flexibility index (Phi) is 3.96. The highest BCUT2D eigenvalue weighted by molar-refractivity contribution is 9.10. The van der Waals surface area contributed by atoms with Crippen LogP contribution in [0.1, 0.15) is 16.7 Å². The van der Waals surface area contributed by atoms with Crippen LogP contribution in [0, 0.1) is 18.3 Å². The van der Waals surface area contributed by atoms with Gasteiger partial charge in [0.05, 0.1) is 23.5 Å². The van der Waals surface area contributed by atoms with Gasteiger partial charge in [-0.15, -0.1) is 0 Å². The second kappa shape index (κ2) is 5.65. The Morgan fingerprint density at radius 2 is 2.17 bits per heavy atom. The number of nitrogens with zero attached hydrogens (tertiary/aromatic N) is 2. The molecule has 0 fully saturated rings. The molecule has 90 valence electrons. The summed E-state index contributed by atoms with van der Waals surface area (Å²) < 4.78 is 0.852. The SMILES string of the molecule is Cc1cc(NCc2ccccc2C#N)cnc1Br. The van der Waals surface area contributed by atoms with Crippen LogP contribution in [0.3, 0.4) is 0 Å². The fourth-order valence-corrected chi connectivity index (χ4v) is 1.85. The molecule has 1 N–H and O–H groups in total. The fraction of sp³-hybridized carbons (Fsp3) is 0.143. The molecule has 18 heavy (non-hydrogen) atoms. The maximum absolute atomic E-state index is 9.00. The second-order valence-corrected chi connectivity index (χ2v) is 4.71. The van der Waals surface area contributed by atoms with Crippen LogP contribution >= 0.6 is 15.9 Å². The summed E-state index contributed by atoms with van der Waals surface area (Å²) in [4.78, 5) is 4.22. The van der Waals surface area contributed by atoms with Crippen molar-refractivity contribution in [2.45, 2.75) is 13.5 Å². The summed E-state index contributed by atoms with van der Waals surface area (Å²) in [5, 5.41) is 12.3. The molecule has 0 saturated carbocycles. The van der Waals surface area contributed by atoms with Gasteiger partial charge in [-0.05, 0) is 46.1 Å². The van der Waals surface area contributed by atoms with Crippen molar-refractivity contribution in [3.8, 4) is 6.07 Å². The Labute approximate surface area is 115 Å². The Morgan fingerprint density at radius 1 is 1.39 bits per heavy atom. The first-order valence-electron chi connectivity index (χ1n) is 5.54. The molecule has 0 unspecified atom stereocenters. The van der Waals surface area contributed by atoms with E-state index in [9.17, 15) is 0 Å². The lowest BCUT2D eigenvalue weighted by atomic mass is 10.1. The molecule has 0 spiro atoms. The molecule has 1 heterocycles. The first-order valence-corrected chi connectivity index (χ1v) is 6.34. The molecule has 3 nitrogen and oxygen atoms in total. The van der Waals surface area contributed by atoms with Crippen LogP contribution in [0.4, 0.5) is 5.69 Å². The van der Waals surface area contributed by atoms with Crippen molar-refractivity contribution < 1.29 is 0 Å². The molecule has 0 radical (unpaired) electrons. The third-order valence-corrected chi connectivity index (χ3v) is 3.47. The molecular formula is C14H12BrN3. The summed E-state index contributed by atoms with van der Waals surface area (Å²) in [6.07, 6.45) is 1.77. The molecule has 0 saturated heterocycles. The van der Waals surface area contributed by atoms with Crippen LogP contribution in [0.25, 0.3) is 0 Å². The van der Waals surface area contributed by atoms with E-state index in [2.05, 4.69) is 32.3 Å². The molecule has 0 bridgehead atoms. The van der Waals surface area contributed by atoms with Gasteiger partial charge in [-0.1, -0.05) is 18.2 Å². The Bertz CT molecular complexity index is 602. The number of benzene rings is 1. The summed E-state index contributed by atoms with van der Waals surface area (Å²) in [6.45, 7) is 2.61. The predicted octanol–water partition coefficient (Wildman–Crippen LogP) is 3.64. The van der Waals surface area contributed by atoms with Crippen molar-refractivity contribution in [3.63, 3.8) is 0 Å². The van der Waals surface area contributed by atoms with Crippen LogP contribution in [-0.4, -0.2) is 4.98 Å². The minimum atomic E-state index is 0.618. The van der Waals surface area contributed by atoms with Crippen molar-refractivity contribution in [1.29, 1.82) is 5.26 Å². The topological polar surface area (TPSA) is 48.7 Å². The highest BCUT2D eigenvalue weighted by Gasteiger charge is 2.02. The van der Waals surface area contributed by atoms with E-state index in [4.69, 9.17) is 5.26 Å². The molecule has 0 atom stereocenters. The second-order valence-electron chi connectivity index (χ2n) is 3.95. The quantitative estimate of drug-likeness (QED) is 0.881. The van der Waals surface area contributed by atoms with Crippen molar-refractivity contribution in [2.24, 2.45) is 0 Å². The number of anilines is 1. The van der Waals surface area contributed by atoms with Crippen molar-refractivity contribution in [3.05, 3.63) is 57.8 Å². The van der Waals surface area contributed by atoms with Gasteiger partial charge in [0.25, 0.3) is 0 Å². The number of nitriles is 1. The third kappa shape index (κ3) is 2.88. The first-order chi connectivity index (χ1) is 8.70. The molecule has 0 aliphatic carbocycles. The zero-order valence-corrected chi connectivity index (χ0v) is 11.5. The van der Waals surface area contributed by atoms with Gasteiger partial charge < -0.3 is 5.32 Å². The first kappa shape index (κ1) is 12.6. The number of hydrogen-bond donors (Lipinski definition) is 1. The summed E-state index contributed by atoms with van der Waals surface area (Å²) in [5.41, 5.74) is 3.71. The van der Waals surface area contributed by atoms with Gasteiger partial charge in [0.15, 0.2) is 0 Å². The lowest BCUT2D eigenvalue weighted by molar-refractivity contribution is 1.11. The highest BCUT2D eigenvalue weighted by Crippen LogP contribution is 2.18. The minimum absolute atomic E-state index is 0.618. The standard InChI is InChI=1S/C14H12BrN3/c1-10-6-13(9-18-14(10)15)17-8-12-5-3-2-4-11(12)7-16/h2-6,9,17H,8H2,1H3. The zero-order valence-electron chi connectivity index (χ0n) is 9.94. The van der Waals surface area contributed by atoms with E-state index >= 15 is 0 Å². The van der Waals surface area contributed by atoms with Gasteiger partial charge in [0, 0.05) is 6.54 Å². The van der Waals surface area contributed by atoms with E-state index < -0.39 is 0 Å². The Balaban J connectivity index is 2.12. The maximum atomic E-state index is 9.00. The molecule has 0 amide bonds. The summed E-state index contributed by atoms with van der Waals surface area (Å²) in [6, 6.07) is 11.8. The van der Waals surface area contributed by atoms with E-state index in [1.165, 1.54) is 0 Å². The van der Waals surface area contributed by atoms with Crippen LogP contribution in [0.15, 0.2) is 41.1 Å². The largest absolute Gasteiger partial charge is 0.380 e. The Hall–Kier alpha value is -1.86. The predicted molar refractivity (Wildman–Crippen MR) is 75.2 cm³/mol. The summed E-state index contributed by atoms with van der Waals surface area (Å²) >= 11 is 3.37. The van der Waals surface area contributed by atoms with Crippen LogP contribution < -0.4 is 5.32 Å². The lowest BCUT2D eigenvalue weighted by Crippen LogP contribution is -2.02. The van der Waals surface area contributed by atoms with E-state index in [1.54, 1.807) is 6.20 Å². The number of pyridine rings is 1. The zero-order chi connectivity index (χ0) is 13.0. The number of aryl methyl sites for hydroxylation is 1. The smallest absolute Gasteiger partial charge is 0.109 e. The molecular weight excluding hydrogens is 290 g/mol. The number of rotatable bonds is 3. The van der Waals surface area contributed by atoms with E-state index in [0.717, 1.165) is 21.4 Å².